The van der Waals surface area contributed by atoms with Crippen molar-refractivity contribution in [2.45, 2.75) is 12.5 Å². The molecule has 0 saturated carbocycles. The lowest BCUT2D eigenvalue weighted by molar-refractivity contribution is -0.118. The molecule has 1 heterocycles. The Morgan fingerprint density at radius 1 is 1.83 bits per heavy atom. The van der Waals surface area contributed by atoms with Crippen LogP contribution in [0.15, 0.2) is 6.20 Å². The second-order valence-electron chi connectivity index (χ2n) is 2.28. The van der Waals surface area contributed by atoms with Crippen LogP contribution in [-0.2, 0) is 4.79 Å². The maximum absolute atomic E-state index is 10.5. The summed E-state index contributed by atoms with van der Waals surface area (Å²) in [6.45, 7) is 0. The van der Waals surface area contributed by atoms with Crippen LogP contribution in [0.5, 0.6) is 0 Å². The lowest BCUT2D eigenvalue weighted by Crippen LogP contribution is -2.20. The van der Waals surface area contributed by atoms with E-state index in [1.807, 2.05) is 0 Å². The number of rotatable bonds is 3. The molecule has 0 spiro atoms. The van der Waals surface area contributed by atoms with E-state index < -0.39 is 5.91 Å². The summed E-state index contributed by atoms with van der Waals surface area (Å²) in [7, 11) is 0. The molecule has 0 aliphatic heterocycles. The third-order valence-corrected chi connectivity index (χ3v) is 3.09. The smallest absolute Gasteiger partial charge is 0.219 e. The van der Waals surface area contributed by atoms with Gasteiger partial charge in [0.15, 0.2) is 0 Å². The predicted octanol–water partition coefficient (Wildman–Crippen LogP) is 0.623. The molecule has 0 fully saturated rings. The number of aromatic nitrogens is 1. The Kier molecular flexibility index (Phi) is 3.41. The minimum atomic E-state index is -0.396. The molecule has 1 amide bonds. The number of carbonyl (C=O) groups is 1. The molecule has 1 rings (SSSR count). The molecule has 6 heteroatoms. The highest BCUT2D eigenvalue weighted by molar-refractivity contribution is 14.1. The Hall–Kier alpha value is -0.210. The van der Waals surface area contributed by atoms with Gasteiger partial charge in [-0.2, -0.15) is 0 Å². The first-order valence-electron chi connectivity index (χ1n) is 3.24. The molecule has 1 atom stereocenters. The molecule has 0 radical (unpaired) electrons. The molecular weight excluding hydrogens is 289 g/mol. The van der Waals surface area contributed by atoms with Crippen LogP contribution >= 0.6 is 33.9 Å². The lowest BCUT2D eigenvalue weighted by Gasteiger charge is -2.03. The van der Waals surface area contributed by atoms with Crippen molar-refractivity contribution in [2.75, 3.05) is 0 Å². The summed E-state index contributed by atoms with van der Waals surface area (Å²) >= 11 is 3.63. The number of hydrogen-bond donors (Lipinski definition) is 2. The Labute approximate surface area is 87.5 Å². The molecule has 0 aromatic carbocycles. The fourth-order valence-electron chi connectivity index (χ4n) is 0.742. The lowest BCUT2D eigenvalue weighted by atomic mass is 10.2. The molecule has 0 bridgehead atoms. The Morgan fingerprint density at radius 3 is 2.92 bits per heavy atom. The molecule has 0 aliphatic carbocycles. The summed E-state index contributed by atoms with van der Waals surface area (Å²) in [5.74, 6) is -0.396. The number of thiazole rings is 1. The highest BCUT2D eigenvalue weighted by Crippen LogP contribution is 2.21. The van der Waals surface area contributed by atoms with Crippen LogP contribution in [0, 0.1) is 2.88 Å². The van der Waals surface area contributed by atoms with Gasteiger partial charge < -0.3 is 11.5 Å². The fourth-order valence-corrected chi connectivity index (χ4v) is 2.20. The van der Waals surface area contributed by atoms with Crippen LogP contribution < -0.4 is 11.5 Å². The third-order valence-electron chi connectivity index (χ3n) is 1.23. The number of nitrogens with zero attached hydrogens (tertiary/aromatic N) is 1. The monoisotopic (exact) mass is 297 g/mol. The summed E-state index contributed by atoms with van der Waals surface area (Å²) in [6.07, 6.45) is 1.88. The van der Waals surface area contributed by atoms with Gasteiger partial charge in [-0.1, -0.05) is 0 Å². The number of nitrogens with two attached hydrogens (primary N) is 2. The minimum Gasteiger partial charge on any atom is -0.370 e. The van der Waals surface area contributed by atoms with Crippen LogP contribution in [0.4, 0.5) is 0 Å². The van der Waals surface area contributed by atoms with E-state index in [1.54, 1.807) is 6.20 Å². The molecule has 1 aromatic rings. The first kappa shape index (κ1) is 9.87. The quantitative estimate of drug-likeness (QED) is 0.803. The normalized spacial score (nSPS) is 12.8. The van der Waals surface area contributed by atoms with Gasteiger partial charge in [-0.15, -0.1) is 11.3 Å². The molecule has 0 aliphatic rings. The van der Waals surface area contributed by atoms with Crippen LogP contribution in [0.3, 0.4) is 0 Å². The molecule has 0 saturated heterocycles. The van der Waals surface area contributed by atoms with E-state index in [2.05, 4.69) is 27.6 Å². The Morgan fingerprint density at radius 2 is 2.50 bits per heavy atom. The molecule has 66 valence electrons. The van der Waals surface area contributed by atoms with Gasteiger partial charge in [0.2, 0.25) is 5.91 Å². The van der Waals surface area contributed by atoms with E-state index in [4.69, 9.17) is 11.5 Å². The molecule has 1 unspecified atom stereocenters. The van der Waals surface area contributed by atoms with Gasteiger partial charge in [-0.05, 0) is 22.6 Å². The summed E-state index contributed by atoms with van der Waals surface area (Å²) in [4.78, 5) is 14.6. The SMILES string of the molecule is NC(=O)CC(N)c1ncc(I)s1. The maximum atomic E-state index is 10.5. The summed E-state index contributed by atoms with van der Waals surface area (Å²) in [5.41, 5.74) is 10.6. The second kappa shape index (κ2) is 4.15. The summed E-state index contributed by atoms with van der Waals surface area (Å²) < 4.78 is 1.06. The van der Waals surface area contributed by atoms with Crippen molar-refractivity contribution in [3.8, 4) is 0 Å². The van der Waals surface area contributed by atoms with Crippen molar-refractivity contribution in [3.05, 3.63) is 14.1 Å². The summed E-state index contributed by atoms with van der Waals surface area (Å²) in [6, 6.07) is -0.351. The van der Waals surface area contributed by atoms with E-state index >= 15 is 0 Å². The van der Waals surface area contributed by atoms with E-state index in [0.29, 0.717) is 0 Å². The van der Waals surface area contributed by atoms with Gasteiger partial charge in [-0.25, -0.2) is 4.98 Å². The molecule has 4 N–H and O–H groups in total. The van der Waals surface area contributed by atoms with Crippen molar-refractivity contribution in [1.82, 2.24) is 4.98 Å². The minimum absolute atomic E-state index is 0.156. The van der Waals surface area contributed by atoms with E-state index in [9.17, 15) is 4.79 Å². The maximum Gasteiger partial charge on any atom is 0.219 e. The molecule has 1 aromatic heterocycles. The number of amides is 1. The average molecular weight is 297 g/mol. The Bertz CT molecular complexity index is 288. The van der Waals surface area contributed by atoms with Crippen LogP contribution in [-0.4, -0.2) is 10.9 Å². The van der Waals surface area contributed by atoms with Crippen molar-refractivity contribution in [1.29, 1.82) is 0 Å². The van der Waals surface area contributed by atoms with Gasteiger partial charge in [0.05, 0.1) is 15.1 Å². The highest BCUT2D eigenvalue weighted by atomic mass is 127. The standard InChI is InChI=1S/C6H8IN3OS/c7-4-2-10-6(12-4)3(8)1-5(9)11/h2-3H,1,8H2,(H2,9,11). The molecular formula is C6H8IN3OS. The number of halogens is 1. The molecule has 4 nitrogen and oxygen atoms in total. The predicted molar refractivity (Wildman–Crippen MR) is 55.6 cm³/mol. The van der Waals surface area contributed by atoms with Crippen molar-refractivity contribution >= 4 is 39.8 Å². The van der Waals surface area contributed by atoms with Crippen LogP contribution in [0.2, 0.25) is 0 Å². The van der Waals surface area contributed by atoms with Crippen LogP contribution in [0.25, 0.3) is 0 Å². The van der Waals surface area contributed by atoms with Gasteiger partial charge in [0, 0.05) is 6.42 Å². The van der Waals surface area contributed by atoms with E-state index in [1.165, 1.54) is 11.3 Å². The first-order chi connectivity index (χ1) is 5.59. The topological polar surface area (TPSA) is 82.0 Å². The van der Waals surface area contributed by atoms with Gasteiger partial charge in [-0.3, -0.25) is 4.79 Å². The largest absolute Gasteiger partial charge is 0.370 e. The summed E-state index contributed by atoms with van der Waals surface area (Å²) in [5, 5.41) is 0.762. The average Bonchev–Trinajstić information content (AvgIpc) is 2.34. The zero-order valence-corrected chi connectivity index (χ0v) is 9.13. The second-order valence-corrected chi connectivity index (χ2v) is 5.24. The first-order valence-corrected chi connectivity index (χ1v) is 5.14. The zero-order valence-electron chi connectivity index (χ0n) is 6.16. The molecule has 12 heavy (non-hydrogen) atoms. The number of carbonyl (C=O) groups excluding carboxylic acids is 1. The van der Waals surface area contributed by atoms with Crippen molar-refractivity contribution < 1.29 is 4.79 Å². The van der Waals surface area contributed by atoms with Gasteiger partial charge >= 0.3 is 0 Å². The van der Waals surface area contributed by atoms with Crippen molar-refractivity contribution in [2.24, 2.45) is 11.5 Å². The number of hydrogen-bond acceptors (Lipinski definition) is 4. The van der Waals surface area contributed by atoms with E-state index in [-0.39, 0.29) is 12.5 Å². The zero-order chi connectivity index (χ0) is 9.14. The van der Waals surface area contributed by atoms with Crippen molar-refractivity contribution in [3.63, 3.8) is 0 Å². The number of primary amides is 1. The highest BCUT2D eigenvalue weighted by Gasteiger charge is 2.12. The van der Waals surface area contributed by atoms with Gasteiger partial charge in [0.1, 0.15) is 5.01 Å². The Balaban J connectivity index is 2.64. The third kappa shape index (κ3) is 2.68. The van der Waals surface area contributed by atoms with Gasteiger partial charge in [0.25, 0.3) is 0 Å². The fraction of sp³-hybridized carbons (Fsp3) is 0.333. The van der Waals surface area contributed by atoms with E-state index in [0.717, 1.165) is 7.89 Å². The van der Waals surface area contributed by atoms with Crippen LogP contribution in [0.1, 0.15) is 17.5 Å².